The molecule has 21 heavy (non-hydrogen) atoms. The Morgan fingerprint density at radius 2 is 1.14 bits per heavy atom. The highest BCUT2D eigenvalue weighted by Crippen LogP contribution is 2.35. The van der Waals surface area contributed by atoms with E-state index in [1.807, 2.05) is 30.3 Å². The van der Waals surface area contributed by atoms with Gasteiger partial charge < -0.3 is 0 Å². The van der Waals surface area contributed by atoms with E-state index in [9.17, 15) is 4.39 Å². The number of hydrogen-bond donors (Lipinski definition) is 0. The molecule has 3 aromatic rings. The van der Waals surface area contributed by atoms with Gasteiger partial charge in [-0.1, -0.05) is 59.6 Å². The van der Waals surface area contributed by atoms with E-state index < -0.39 is 0 Å². The van der Waals surface area contributed by atoms with E-state index in [1.54, 1.807) is 30.3 Å². The number of halogens is 3. The molecule has 3 rings (SSSR count). The molecule has 0 saturated heterocycles. The molecule has 0 spiro atoms. The lowest BCUT2D eigenvalue weighted by molar-refractivity contribution is 0.632. The van der Waals surface area contributed by atoms with E-state index in [2.05, 4.69) is 0 Å². The van der Waals surface area contributed by atoms with Crippen molar-refractivity contribution >= 4 is 23.2 Å². The summed E-state index contributed by atoms with van der Waals surface area (Å²) in [6.45, 7) is 0. The summed E-state index contributed by atoms with van der Waals surface area (Å²) in [6.07, 6.45) is 0. The number of benzene rings is 3. The Balaban J connectivity index is 2.20. The van der Waals surface area contributed by atoms with Gasteiger partial charge in [0.25, 0.3) is 0 Å². The van der Waals surface area contributed by atoms with E-state index >= 15 is 0 Å². The monoisotopic (exact) mass is 316 g/mol. The van der Waals surface area contributed by atoms with Crippen molar-refractivity contribution in [3.8, 4) is 22.3 Å². The summed E-state index contributed by atoms with van der Waals surface area (Å²) in [5.41, 5.74) is 3.11. The van der Waals surface area contributed by atoms with Gasteiger partial charge in [0.2, 0.25) is 0 Å². The highest BCUT2D eigenvalue weighted by molar-refractivity contribution is 6.31. The average Bonchev–Trinajstić information content (AvgIpc) is 2.49. The molecule has 0 heterocycles. The van der Waals surface area contributed by atoms with Crippen LogP contribution in [0.15, 0.2) is 66.7 Å². The quantitative estimate of drug-likeness (QED) is 0.508. The first kappa shape index (κ1) is 14.1. The van der Waals surface area contributed by atoms with Crippen LogP contribution in [-0.2, 0) is 0 Å². The minimum Gasteiger partial charge on any atom is -0.206 e. The van der Waals surface area contributed by atoms with Crippen LogP contribution < -0.4 is 0 Å². The molecule has 0 N–H and O–H groups in total. The van der Waals surface area contributed by atoms with Crippen LogP contribution in [0.5, 0.6) is 0 Å². The zero-order chi connectivity index (χ0) is 14.8. The summed E-state index contributed by atoms with van der Waals surface area (Å²) < 4.78 is 14.3. The van der Waals surface area contributed by atoms with Gasteiger partial charge in [-0.2, -0.15) is 0 Å². The third-order valence-electron chi connectivity index (χ3n) is 3.30. The van der Waals surface area contributed by atoms with Gasteiger partial charge in [-0.3, -0.25) is 0 Å². The normalized spacial score (nSPS) is 10.6. The Kier molecular flexibility index (Phi) is 3.96. The van der Waals surface area contributed by atoms with Crippen LogP contribution in [0, 0.1) is 5.82 Å². The molecule has 3 heteroatoms. The van der Waals surface area contributed by atoms with Gasteiger partial charge in [-0.15, -0.1) is 0 Å². The van der Waals surface area contributed by atoms with Crippen molar-refractivity contribution in [2.75, 3.05) is 0 Å². The molecule has 0 fully saturated rings. The van der Waals surface area contributed by atoms with E-state index in [4.69, 9.17) is 23.2 Å². The fourth-order valence-electron chi connectivity index (χ4n) is 2.30. The van der Waals surface area contributed by atoms with Crippen molar-refractivity contribution in [2.45, 2.75) is 0 Å². The Morgan fingerprint density at radius 1 is 0.619 bits per heavy atom. The molecule has 0 nitrogen and oxygen atoms in total. The predicted octanol–water partition coefficient (Wildman–Crippen LogP) is 6.47. The van der Waals surface area contributed by atoms with E-state index in [0.29, 0.717) is 15.6 Å². The summed E-state index contributed by atoms with van der Waals surface area (Å²) in [4.78, 5) is 0. The summed E-state index contributed by atoms with van der Waals surface area (Å²) >= 11 is 11.8. The zero-order valence-electron chi connectivity index (χ0n) is 11.0. The van der Waals surface area contributed by atoms with Crippen molar-refractivity contribution in [1.82, 2.24) is 0 Å². The fraction of sp³-hybridized carbons (Fsp3) is 0. The van der Waals surface area contributed by atoms with Crippen molar-refractivity contribution in [3.63, 3.8) is 0 Å². The van der Waals surface area contributed by atoms with Gasteiger partial charge in [0, 0.05) is 15.6 Å². The maximum Gasteiger partial charge on any atom is 0.131 e. The minimum absolute atomic E-state index is 0.259. The molecular weight excluding hydrogens is 306 g/mol. The van der Waals surface area contributed by atoms with Crippen LogP contribution in [-0.4, -0.2) is 0 Å². The standard InChI is InChI=1S/C18H11Cl2F/c19-14-8-4-12(5-9-14)16-2-1-3-17(21)18(16)13-6-10-15(20)11-7-13/h1-11H. The summed E-state index contributed by atoms with van der Waals surface area (Å²) in [5.74, 6) is -0.259. The molecule has 0 saturated carbocycles. The second-order valence-electron chi connectivity index (χ2n) is 4.68. The summed E-state index contributed by atoms with van der Waals surface area (Å²) in [7, 11) is 0. The van der Waals surface area contributed by atoms with Crippen molar-refractivity contribution in [3.05, 3.63) is 82.6 Å². The van der Waals surface area contributed by atoms with Crippen LogP contribution in [0.4, 0.5) is 4.39 Å². The van der Waals surface area contributed by atoms with Crippen LogP contribution in [0.2, 0.25) is 10.0 Å². The lowest BCUT2D eigenvalue weighted by atomic mass is 9.94. The maximum atomic E-state index is 14.3. The molecule has 3 aromatic carbocycles. The average molecular weight is 317 g/mol. The zero-order valence-corrected chi connectivity index (χ0v) is 12.5. The Morgan fingerprint density at radius 3 is 1.71 bits per heavy atom. The topological polar surface area (TPSA) is 0 Å². The molecule has 0 aliphatic heterocycles. The van der Waals surface area contributed by atoms with Crippen molar-refractivity contribution in [2.24, 2.45) is 0 Å². The lowest BCUT2D eigenvalue weighted by Gasteiger charge is -2.11. The smallest absolute Gasteiger partial charge is 0.131 e. The van der Waals surface area contributed by atoms with Gasteiger partial charge >= 0.3 is 0 Å². The largest absolute Gasteiger partial charge is 0.206 e. The molecule has 0 aromatic heterocycles. The van der Waals surface area contributed by atoms with Crippen LogP contribution >= 0.6 is 23.2 Å². The van der Waals surface area contributed by atoms with E-state index in [0.717, 1.165) is 16.7 Å². The van der Waals surface area contributed by atoms with Gasteiger partial charge in [-0.05, 0) is 47.0 Å². The maximum absolute atomic E-state index is 14.3. The van der Waals surface area contributed by atoms with E-state index in [1.165, 1.54) is 6.07 Å². The van der Waals surface area contributed by atoms with Crippen LogP contribution in [0.3, 0.4) is 0 Å². The fourth-order valence-corrected chi connectivity index (χ4v) is 2.56. The lowest BCUT2D eigenvalue weighted by Crippen LogP contribution is -1.89. The minimum atomic E-state index is -0.259. The number of hydrogen-bond acceptors (Lipinski definition) is 0. The van der Waals surface area contributed by atoms with Crippen LogP contribution in [0.25, 0.3) is 22.3 Å². The molecule has 0 aliphatic rings. The SMILES string of the molecule is Fc1cccc(-c2ccc(Cl)cc2)c1-c1ccc(Cl)cc1. The van der Waals surface area contributed by atoms with Crippen molar-refractivity contribution < 1.29 is 4.39 Å². The highest BCUT2D eigenvalue weighted by atomic mass is 35.5. The molecule has 0 atom stereocenters. The van der Waals surface area contributed by atoms with Gasteiger partial charge in [0.15, 0.2) is 0 Å². The Bertz CT molecular complexity index is 762. The van der Waals surface area contributed by atoms with Gasteiger partial charge in [-0.25, -0.2) is 4.39 Å². The molecule has 0 aliphatic carbocycles. The second-order valence-corrected chi connectivity index (χ2v) is 5.55. The second kappa shape index (κ2) is 5.88. The summed E-state index contributed by atoms with van der Waals surface area (Å²) in [5, 5.41) is 1.28. The predicted molar refractivity (Wildman–Crippen MR) is 87.3 cm³/mol. The third kappa shape index (κ3) is 2.94. The molecular formula is C18H11Cl2F. The van der Waals surface area contributed by atoms with Gasteiger partial charge in [0.05, 0.1) is 0 Å². The van der Waals surface area contributed by atoms with E-state index in [-0.39, 0.29) is 5.82 Å². The molecule has 0 unspecified atom stereocenters. The first-order valence-corrected chi connectivity index (χ1v) is 7.21. The summed E-state index contributed by atoms with van der Waals surface area (Å²) in [6, 6.07) is 19.6. The molecule has 104 valence electrons. The highest BCUT2D eigenvalue weighted by Gasteiger charge is 2.12. The Labute approximate surface area is 132 Å². The van der Waals surface area contributed by atoms with Crippen molar-refractivity contribution in [1.29, 1.82) is 0 Å². The van der Waals surface area contributed by atoms with Crippen LogP contribution in [0.1, 0.15) is 0 Å². The third-order valence-corrected chi connectivity index (χ3v) is 3.81. The Hall–Kier alpha value is -1.83. The first-order valence-electron chi connectivity index (χ1n) is 6.45. The van der Waals surface area contributed by atoms with Gasteiger partial charge in [0.1, 0.15) is 5.82 Å². The molecule has 0 radical (unpaired) electrons. The first-order chi connectivity index (χ1) is 10.1. The molecule has 0 amide bonds. The number of rotatable bonds is 2. The molecule has 0 bridgehead atoms.